The molecule has 40 heavy (non-hydrogen) atoms. The molecule has 3 amide bonds. The summed E-state index contributed by atoms with van der Waals surface area (Å²) in [5.41, 5.74) is 1.33. The lowest BCUT2D eigenvalue weighted by Gasteiger charge is -2.43. The highest BCUT2D eigenvalue weighted by atomic mass is 16.6. The lowest BCUT2D eigenvalue weighted by Crippen LogP contribution is -2.55. The largest absolute Gasteiger partial charge is 0.497 e. The number of carbonyl (C=O) groups is 3. The molecule has 0 unspecified atom stereocenters. The number of piperidine rings is 1. The van der Waals surface area contributed by atoms with E-state index < -0.39 is 12.0 Å². The Labute approximate surface area is 234 Å². The van der Waals surface area contributed by atoms with Crippen LogP contribution in [0.15, 0.2) is 36.4 Å². The van der Waals surface area contributed by atoms with E-state index in [-0.39, 0.29) is 24.3 Å². The second-order valence-electron chi connectivity index (χ2n) is 9.52. The van der Waals surface area contributed by atoms with Crippen molar-refractivity contribution in [2.24, 2.45) is 5.92 Å². The van der Waals surface area contributed by atoms with E-state index in [0.717, 1.165) is 5.56 Å². The predicted molar refractivity (Wildman–Crippen MR) is 147 cm³/mol. The van der Waals surface area contributed by atoms with Crippen molar-refractivity contribution < 1.29 is 38.1 Å². The van der Waals surface area contributed by atoms with Gasteiger partial charge in [-0.2, -0.15) is 0 Å². The zero-order valence-electron chi connectivity index (χ0n) is 23.7. The number of nitrogens with zero attached hydrogens (tertiary/aromatic N) is 3. The van der Waals surface area contributed by atoms with Gasteiger partial charge in [-0.3, -0.25) is 9.59 Å². The second-order valence-corrected chi connectivity index (χ2v) is 9.52. The number of ether oxygens (including phenoxy) is 5. The molecule has 11 heteroatoms. The monoisotopic (exact) mass is 555 g/mol. The molecule has 2 atom stereocenters. The molecule has 0 saturated carbocycles. The zero-order valence-corrected chi connectivity index (χ0v) is 23.7. The highest BCUT2D eigenvalue weighted by molar-refractivity contribution is 5.98. The van der Waals surface area contributed by atoms with Crippen molar-refractivity contribution in [1.82, 2.24) is 9.80 Å². The number of hydrogen-bond donors (Lipinski definition) is 0. The van der Waals surface area contributed by atoms with Gasteiger partial charge in [-0.1, -0.05) is 12.1 Å². The van der Waals surface area contributed by atoms with E-state index in [1.54, 1.807) is 40.9 Å². The summed E-state index contributed by atoms with van der Waals surface area (Å²) in [6.45, 7) is 3.62. The maximum absolute atomic E-state index is 14.1. The second kappa shape index (κ2) is 12.8. The van der Waals surface area contributed by atoms with Crippen molar-refractivity contribution in [2.45, 2.75) is 25.8 Å². The van der Waals surface area contributed by atoms with Crippen molar-refractivity contribution in [3.63, 3.8) is 0 Å². The van der Waals surface area contributed by atoms with Crippen LogP contribution in [0, 0.1) is 5.92 Å². The Morgan fingerprint density at radius 3 is 1.98 bits per heavy atom. The predicted octanol–water partition coefficient (Wildman–Crippen LogP) is 3.51. The highest BCUT2D eigenvalue weighted by Gasteiger charge is 2.44. The summed E-state index contributed by atoms with van der Waals surface area (Å²) in [6.07, 6.45) is 0.221. The van der Waals surface area contributed by atoms with Gasteiger partial charge in [-0.15, -0.1) is 0 Å². The third-order valence-electron chi connectivity index (χ3n) is 7.42. The van der Waals surface area contributed by atoms with E-state index in [0.29, 0.717) is 67.9 Å². The van der Waals surface area contributed by atoms with Gasteiger partial charge in [0.2, 0.25) is 17.6 Å². The van der Waals surface area contributed by atoms with Gasteiger partial charge in [0.1, 0.15) is 5.75 Å². The number of anilines is 1. The highest BCUT2D eigenvalue weighted by Crippen LogP contribution is 2.46. The molecule has 11 nitrogen and oxygen atoms in total. The van der Waals surface area contributed by atoms with Crippen molar-refractivity contribution >= 4 is 23.6 Å². The minimum Gasteiger partial charge on any atom is -0.497 e. The van der Waals surface area contributed by atoms with Gasteiger partial charge in [0, 0.05) is 44.7 Å². The van der Waals surface area contributed by atoms with Crippen molar-refractivity contribution in [2.75, 3.05) is 66.1 Å². The van der Waals surface area contributed by atoms with Crippen molar-refractivity contribution in [3.8, 4) is 23.0 Å². The number of rotatable bonds is 8. The Morgan fingerprint density at radius 1 is 0.850 bits per heavy atom. The van der Waals surface area contributed by atoms with Crippen LogP contribution in [0.3, 0.4) is 0 Å². The molecule has 2 fully saturated rings. The van der Waals surface area contributed by atoms with Gasteiger partial charge in [-0.05, 0) is 31.0 Å². The normalized spacial score (nSPS) is 19.2. The minimum absolute atomic E-state index is 0.0609. The first kappa shape index (κ1) is 28.8. The first-order valence-electron chi connectivity index (χ1n) is 13.3. The molecule has 216 valence electrons. The summed E-state index contributed by atoms with van der Waals surface area (Å²) in [6, 6.07) is 10.3. The Balaban J connectivity index is 1.72. The Bertz CT molecular complexity index is 1190. The summed E-state index contributed by atoms with van der Waals surface area (Å²) in [5, 5.41) is 0. The fourth-order valence-corrected chi connectivity index (χ4v) is 5.40. The van der Waals surface area contributed by atoms with E-state index in [1.165, 1.54) is 21.3 Å². The quantitative estimate of drug-likeness (QED) is 0.487. The van der Waals surface area contributed by atoms with Crippen LogP contribution in [-0.4, -0.2) is 88.9 Å². The maximum Gasteiger partial charge on any atom is 0.409 e. The molecule has 0 N–H and O–H groups in total. The molecule has 2 saturated heterocycles. The van der Waals surface area contributed by atoms with E-state index in [4.69, 9.17) is 23.7 Å². The number of benzene rings is 2. The molecule has 2 heterocycles. The standard InChI is InChI=1S/C29H37N3O8/c1-6-40-29(35)31-15-13-30(14-16-31)28(34)22-11-12-25(33)32(26(22)19-7-9-21(36-2)10-8-19)20-17-23(37-3)27(39-5)24(18-20)38-4/h7-10,17-18,22,26H,6,11-16H2,1-5H3/t22-,26+/m0/s1. The first-order valence-corrected chi connectivity index (χ1v) is 13.3. The number of hydrogen-bond acceptors (Lipinski definition) is 8. The summed E-state index contributed by atoms with van der Waals surface area (Å²) in [7, 11) is 6.14. The Hall–Kier alpha value is -4.15. The SMILES string of the molecule is CCOC(=O)N1CCN(C(=O)[C@H]2CCC(=O)N(c3cc(OC)c(OC)c(OC)c3)[C@@H]2c2ccc(OC)cc2)CC1. The molecule has 0 aliphatic carbocycles. The zero-order chi connectivity index (χ0) is 28.8. The molecular weight excluding hydrogens is 518 g/mol. The average Bonchev–Trinajstić information content (AvgIpc) is 3.00. The fraction of sp³-hybridized carbons (Fsp3) is 0.483. The number of amides is 3. The van der Waals surface area contributed by atoms with Gasteiger partial charge in [0.15, 0.2) is 11.5 Å². The Morgan fingerprint density at radius 2 is 1.45 bits per heavy atom. The molecule has 2 aliphatic heterocycles. The molecule has 4 rings (SSSR count). The molecule has 0 aromatic heterocycles. The van der Waals surface area contributed by atoms with Crippen LogP contribution >= 0.6 is 0 Å². The molecule has 0 bridgehead atoms. The average molecular weight is 556 g/mol. The molecule has 0 radical (unpaired) electrons. The van der Waals surface area contributed by atoms with Crippen LogP contribution in [0.25, 0.3) is 0 Å². The maximum atomic E-state index is 14.1. The Kier molecular flexibility index (Phi) is 9.23. The summed E-state index contributed by atoms with van der Waals surface area (Å²) < 4.78 is 27.1. The van der Waals surface area contributed by atoms with Crippen LogP contribution in [0.5, 0.6) is 23.0 Å². The summed E-state index contributed by atoms with van der Waals surface area (Å²) in [4.78, 5) is 44.9. The van der Waals surface area contributed by atoms with E-state index in [1.807, 2.05) is 24.3 Å². The lowest BCUT2D eigenvalue weighted by molar-refractivity contribution is -0.140. The van der Waals surface area contributed by atoms with Crippen LogP contribution in [0.4, 0.5) is 10.5 Å². The van der Waals surface area contributed by atoms with Gasteiger partial charge in [0.05, 0.1) is 52.7 Å². The number of piperazine rings is 1. The van der Waals surface area contributed by atoms with E-state index in [9.17, 15) is 14.4 Å². The topological polar surface area (TPSA) is 107 Å². The molecule has 2 aromatic rings. The number of methoxy groups -OCH3 is 4. The van der Waals surface area contributed by atoms with E-state index >= 15 is 0 Å². The van der Waals surface area contributed by atoms with Crippen LogP contribution < -0.4 is 23.8 Å². The summed E-state index contributed by atoms with van der Waals surface area (Å²) in [5.74, 6) is 1.19. The van der Waals surface area contributed by atoms with Crippen molar-refractivity contribution in [1.29, 1.82) is 0 Å². The number of carbonyl (C=O) groups excluding carboxylic acids is 3. The molecule has 0 spiro atoms. The van der Waals surface area contributed by atoms with Gasteiger partial charge in [-0.25, -0.2) is 4.79 Å². The summed E-state index contributed by atoms with van der Waals surface area (Å²) >= 11 is 0. The smallest absolute Gasteiger partial charge is 0.409 e. The molecule has 2 aliphatic rings. The van der Waals surface area contributed by atoms with E-state index in [2.05, 4.69) is 0 Å². The van der Waals surface area contributed by atoms with Gasteiger partial charge in [0.25, 0.3) is 0 Å². The first-order chi connectivity index (χ1) is 19.4. The minimum atomic E-state index is -0.592. The van der Waals surface area contributed by atoms with Crippen molar-refractivity contribution in [3.05, 3.63) is 42.0 Å². The van der Waals surface area contributed by atoms with Crippen LogP contribution in [0.1, 0.15) is 31.4 Å². The van der Waals surface area contributed by atoms with Gasteiger partial charge < -0.3 is 38.4 Å². The third kappa shape index (κ3) is 5.73. The van der Waals surface area contributed by atoms with Crippen LogP contribution in [-0.2, 0) is 14.3 Å². The third-order valence-corrected chi connectivity index (χ3v) is 7.42. The molecule has 2 aromatic carbocycles. The fourth-order valence-electron chi connectivity index (χ4n) is 5.40. The lowest BCUT2D eigenvalue weighted by atomic mass is 9.82. The van der Waals surface area contributed by atoms with Gasteiger partial charge >= 0.3 is 6.09 Å². The molecular formula is C29H37N3O8. The van der Waals surface area contributed by atoms with Crippen LogP contribution in [0.2, 0.25) is 0 Å².